The smallest absolute Gasteiger partial charge is 0.292 e. The van der Waals surface area contributed by atoms with E-state index in [0.717, 1.165) is 5.69 Å². The van der Waals surface area contributed by atoms with Gasteiger partial charge in [-0.3, -0.25) is 10.1 Å². The van der Waals surface area contributed by atoms with Crippen molar-refractivity contribution in [2.75, 3.05) is 4.90 Å². The van der Waals surface area contributed by atoms with Crippen LogP contribution >= 0.6 is 0 Å². The van der Waals surface area contributed by atoms with Crippen LogP contribution in [0.5, 0.6) is 0 Å². The predicted molar refractivity (Wildman–Crippen MR) is 89.3 cm³/mol. The summed E-state index contributed by atoms with van der Waals surface area (Å²) in [7, 11) is 0. The Labute approximate surface area is 132 Å². The van der Waals surface area contributed by atoms with E-state index in [1.165, 1.54) is 64.2 Å². The molecule has 4 nitrogen and oxygen atoms in total. The van der Waals surface area contributed by atoms with Gasteiger partial charge in [0.2, 0.25) is 0 Å². The minimum absolute atomic E-state index is 0.214. The third kappa shape index (κ3) is 3.26. The average Bonchev–Trinajstić information content (AvgIpc) is 2.57. The maximum Gasteiger partial charge on any atom is 0.292 e. The van der Waals surface area contributed by atoms with Gasteiger partial charge in [0, 0.05) is 18.2 Å². The first-order valence-corrected chi connectivity index (χ1v) is 8.79. The largest absolute Gasteiger partial charge is 0.360 e. The van der Waals surface area contributed by atoms with Gasteiger partial charge in [-0.15, -0.1) is 0 Å². The summed E-state index contributed by atoms with van der Waals surface area (Å²) in [6.07, 6.45) is 12.4. The lowest BCUT2D eigenvalue weighted by molar-refractivity contribution is -0.384. The molecular weight excluding hydrogens is 276 g/mol. The number of nitro groups is 1. The lowest BCUT2D eigenvalue weighted by Gasteiger charge is -2.43. The summed E-state index contributed by atoms with van der Waals surface area (Å²) in [6, 6.07) is 8.31. The first-order chi connectivity index (χ1) is 10.8. The van der Waals surface area contributed by atoms with Gasteiger partial charge in [0.25, 0.3) is 5.69 Å². The van der Waals surface area contributed by atoms with Crippen LogP contribution in [-0.4, -0.2) is 17.0 Å². The van der Waals surface area contributed by atoms with Gasteiger partial charge in [-0.2, -0.15) is 0 Å². The minimum atomic E-state index is -0.214. The Morgan fingerprint density at radius 1 is 0.864 bits per heavy atom. The Bertz CT molecular complexity index is 488. The first-order valence-electron chi connectivity index (χ1n) is 8.79. The van der Waals surface area contributed by atoms with Crippen LogP contribution in [-0.2, 0) is 0 Å². The fourth-order valence-corrected chi connectivity index (χ4v) is 4.25. The molecule has 0 atom stereocenters. The van der Waals surface area contributed by atoms with Crippen LogP contribution < -0.4 is 4.90 Å². The molecule has 0 heterocycles. The highest BCUT2D eigenvalue weighted by Crippen LogP contribution is 2.38. The third-order valence-corrected chi connectivity index (χ3v) is 5.29. The molecule has 0 radical (unpaired) electrons. The molecule has 2 saturated carbocycles. The van der Waals surface area contributed by atoms with E-state index >= 15 is 0 Å². The summed E-state index contributed by atoms with van der Waals surface area (Å²) in [5.41, 5.74) is 1.13. The summed E-state index contributed by atoms with van der Waals surface area (Å²) >= 11 is 0. The molecule has 1 aromatic carbocycles. The van der Waals surface area contributed by atoms with Crippen molar-refractivity contribution in [3.05, 3.63) is 34.4 Å². The Kier molecular flexibility index (Phi) is 4.96. The van der Waals surface area contributed by atoms with Crippen LogP contribution in [0.1, 0.15) is 64.2 Å². The summed E-state index contributed by atoms with van der Waals surface area (Å²) in [4.78, 5) is 13.7. The van der Waals surface area contributed by atoms with E-state index in [9.17, 15) is 10.1 Å². The Morgan fingerprint density at radius 2 is 1.36 bits per heavy atom. The fraction of sp³-hybridized carbons (Fsp3) is 0.667. The summed E-state index contributed by atoms with van der Waals surface area (Å²) in [6.45, 7) is 0. The normalized spacial score (nSPS) is 20.7. The molecule has 22 heavy (non-hydrogen) atoms. The standard InChI is InChI=1S/C18H26N2O2/c21-20(22)18-14-8-7-13-17(18)19(15-9-3-1-4-10-15)16-11-5-2-6-12-16/h7-8,13-16H,1-6,9-12H2. The van der Waals surface area contributed by atoms with Crippen LogP contribution in [0.3, 0.4) is 0 Å². The molecule has 2 aliphatic carbocycles. The highest BCUT2D eigenvalue weighted by atomic mass is 16.6. The number of nitro benzene ring substituents is 1. The number of benzene rings is 1. The number of hydrogen-bond donors (Lipinski definition) is 0. The average molecular weight is 302 g/mol. The third-order valence-electron chi connectivity index (χ3n) is 5.29. The van der Waals surface area contributed by atoms with E-state index in [1.807, 2.05) is 12.1 Å². The quantitative estimate of drug-likeness (QED) is 0.576. The highest BCUT2D eigenvalue weighted by molar-refractivity contribution is 5.64. The highest BCUT2D eigenvalue weighted by Gasteiger charge is 2.32. The van der Waals surface area contributed by atoms with Gasteiger partial charge >= 0.3 is 0 Å². The van der Waals surface area contributed by atoms with E-state index in [4.69, 9.17) is 0 Å². The van der Waals surface area contributed by atoms with Crippen molar-refractivity contribution in [1.29, 1.82) is 0 Å². The molecule has 4 heteroatoms. The van der Waals surface area contributed by atoms with Crippen molar-refractivity contribution in [3.8, 4) is 0 Å². The SMILES string of the molecule is O=[N+]([O-])c1ccccc1N(C1CCCCC1)C1CCCCC1. The molecule has 0 bridgehead atoms. The molecule has 0 N–H and O–H groups in total. The molecule has 0 spiro atoms. The second-order valence-electron chi connectivity index (χ2n) is 6.74. The molecule has 0 aliphatic heterocycles. The molecule has 0 unspecified atom stereocenters. The van der Waals surface area contributed by atoms with Crippen molar-refractivity contribution in [3.63, 3.8) is 0 Å². The predicted octanol–water partition coefficient (Wildman–Crippen LogP) is 5.07. The number of para-hydroxylation sites is 2. The van der Waals surface area contributed by atoms with Crippen molar-refractivity contribution in [1.82, 2.24) is 0 Å². The van der Waals surface area contributed by atoms with Gasteiger partial charge in [0.1, 0.15) is 5.69 Å². The number of anilines is 1. The molecule has 0 amide bonds. The Balaban J connectivity index is 1.95. The van der Waals surface area contributed by atoms with E-state index in [2.05, 4.69) is 4.90 Å². The van der Waals surface area contributed by atoms with Crippen molar-refractivity contribution in [2.24, 2.45) is 0 Å². The number of nitrogens with zero attached hydrogens (tertiary/aromatic N) is 2. The van der Waals surface area contributed by atoms with Gasteiger partial charge in [0.15, 0.2) is 0 Å². The second-order valence-corrected chi connectivity index (χ2v) is 6.74. The first kappa shape index (κ1) is 15.3. The summed E-state index contributed by atoms with van der Waals surface area (Å²) in [5, 5.41) is 11.5. The number of rotatable bonds is 4. The zero-order chi connectivity index (χ0) is 15.4. The van der Waals surface area contributed by atoms with Gasteiger partial charge in [0.05, 0.1) is 4.92 Å². The maximum atomic E-state index is 11.5. The Hall–Kier alpha value is -1.58. The van der Waals surface area contributed by atoms with Crippen LogP contribution in [0.25, 0.3) is 0 Å². The van der Waals surface area contributed by atoms with E-state index in [-0.39, 0.29) is 10.6 Å². The van der Waals surface area contributed by atoms with Gasteiger partial charge in [-0.1, -0.05) is 50.7 Å². The minimum Gasteiger partial charge on any atom is -0.360 e. The summed E-state index contributed by atoms with van der Waals surface area (Å²) in [5.74, 6) is 0. The molecule has 2 fully saturated rings. The monoisotopic (exact) mass is 302 g/mol. The summed E-state index contributed by atoms with van der Waals surface area (Å²) < 4.78 is 0. The van der Waals surface area contributed by atoms with Crippen LogP contribution in [0.2, 0.25) is 0 Å². The molecule has 120 valence electrons. The number of hydrogen-bond acceptors (Lipinski definition) is 3. The van der Waals surface area contributed by atoms with Crippen LogP contribution in [0, 0.1) is 10.1 Å². The fourth-order valence-electron chi connectivity index (χ4n) is 4.25. The van der Waals surface area contributed by atoms with E-state index in [1.54, 1.807) is 12.1 Å². The van der Waals surface area contributed by atoms with E-state index in [0.29, 0.717) is 12.1 Å². The molecule has 0 saturated heterocycles. The molecule has 1 aromatic rings. The Morgan fingerprint density at radius 3 is 1.86 bits per heavy atom. The van der Waals surface area contributed by atoms with E-state index < -0.39 is 0 Å². The van der Waals surface area contributed by atoms with Crippen molar-refractivity contribution < 1.29 is 4.92 Å². The van der Waals surface area contributed by atoms with Crippen LogP contribution in [0.15, 0.2) is 24.3 Å². The van der Waals surface area contributed by atoms with Crippen molar-refractivity contribution in [2.45, 2.75) is 76.3 Å². The second kappa shape index (κ2) is 7.12. The molecule has 3 rings (SSSR count). The van der Waals surface area contributed by atoms with Crippen LogP contribution in [0.4, 0.5) is 11.4 Å². The molecule has 2 aliphatic rings. The lowest BCUT2D eigenvalue weighted by atomic mass is 9.88. The zero-order valence-electron chi connectivity index (χ0n) is 13.2. The van der Waals surface area contributed by atoms with Gasteiger partial charge in [-0.25, -0.2) is 0 Å². The zero-order valence-corrected chi connectivity index (χ0v) is 13.2. The maximum absolute atomic E-state index is 11.5. The molecular formula is C18H26N2O2. The lowest BCUT2D eigenvalue weighted by Crippen LogP contribution is -2.45. The molecule has 0 aromatic heterocycles. The topological polar surface area (TPSA) is 46.4 Å². The van der Waals surface area contributed by atoms with Gasteiger partial charge < -0.3 is 4.90 Å². The van der Waals surface area contributed by atoms with Crippen molar-refractivity contribution >= 4 is 11.4 Å². The van der Waals surface area contributed by atoms with Gasteiger partial charge in [-0.05, 0) is 31.7 Å².